The zero-order chi connectivity index (χ0) is 18.1. The fraction of sp³-hybridized carbons (Fsp3) is 0.176. The Kier molecular flexibility index (Phi) is 4.37. The number of nitrogens with two attached hydrogens (primary N) is 1. The van der Waals surface area contributed by atoms with E-state index in [4.69, 9.17) is 5.73 Å². The summed E-state index contributed by atoms with van der Waals surface area (Å²) in [5.74, 6) is -1.03. The Bertz CT molecular complexity index is 991. The number of rotatable bonds is 4. The second-order valence-corrected chi connectivity index (χ2v) is 6.60. The average molecular weight is 355 g/mol. The van der Waals surface area contributed by atoms with E-state index in [9.17, 15) is 9.59 Å². The van der Waals surface area contributed by atoms with Crippen molar-refractivity contribution in [2.45, 2.75) is 13.8 Å². The van der Waals surface area contributed by atoms with Gasteiger partial charge in [-0.2, -0.15) is 0 Å². The monoisotopic (exact) mass is 355 g/mol. The summed E-state index contributed by atoms with van der Waals surface area (Å²) in [6.45, 7) is 3.80. The topological polar surface area (TPSA) is 110 Å². The van der Waals surface area contributed by atoms with Crippen molar-refractivity contribution in [1.82, 2.24) is 9.97 Å². The number of hydrogen-bond acceptors (Lipinski definition) is 6. The van der Waals surface area contributed by atoms with E-state index in [0.29, 0.717) is 15.7 Å². The third kappa shape index (κ3) is 3.29. The van der Waals surface area contributed by atoms with Gasteiger partial charge in [-0.3, -0.25) is 14.6 Å². The van der Waals surface area contributed by atoms with E-state index < -0.39 is 5.91 Å². The average Bonchev–Trinajstić information content (AvgIpc) is 2.96. The zero-order valence-electron chi connectivity index (χ0n) is 14.0. The van der Waals surface area contributed by atoms with Gasteiger partial charge in [0.1, 0.15) is 5.00 Å². The molecule has 4 N–H and O–H groups in total. The van der Waals surface area contributed by atoms with Gasteiger partial charge in [-0.25, -0.2) is 4.98 Å². The van der Waals surface area contributed by atoms with Gasteiger partial charge >= 0.3 is 0 Å². The summed E-state index contributed by atoms with van der Waals surface area (Å²) in [5, 5.41) is 7.14. The SMILES string of the molecule is CNc1nc(C(N)=O)c(NC(=O)c2cc(C)nc3cc(C)ccc23)s1. The quantitative estimate of drug-likeness (QED) is 0.666. The van der Waals surface area contributed by atoms with Gasteiger partial charge in [-0.1, -0.05) is 23.5 Å². The molecule has 0 aliphatic heterocycles. The minimum absolute atomic E-state index is 0.0358. The van der Waals surface area contributed by atoms with E-state index in [1.165, 1.54) is 0 Å². The van der Waals surface area contributed by atoms with Crippen molar-refractivity contribution in [2.24, 2.45) is 5.73 Å². The molecule has 25 heavy (non-hydrogen) atoms. The van der Waals surface area contributed by atoms with Crippen LogP contribution in [0.25, 0.3) is 10.9 Å². The fourth-order valence-corrected chi connectivity index (χ4v) is 3.33. The number of aromatic nitrogens is 2. The predicted octanol–water partition coefficient (Wildman–Crippen LogP) is 2.70. The van der Waals surface area contributed by atoms with Crippen molar-refractivity contribution in [3.8, 4) is 0 Å². The number of primary amides is 1. The lowest BCUT2D eigenvalue weighted by Gasteiger charge is -2.09. The molecule has 128 valence electrons. The molecule has 3 aromatic rings. The smallest absolute Gasteiger partial charge is 0.270 e. The number of nitrogens with one attached hydrogen (secondary N) is 2. The zero-order valence-corrected chi connectivity index (χ0v) is 14.8. The van der Waals surface area contributed by atoms with Gasteiger partial charge in [-0.05, 0) is 31.5 Å². The van der Waals surface area contributed by atoms with Crippen molar-refractivity contribution in [2.75, 3.05) is 17.7 Å². The molecule has 0 radical (unpaired) electrons. The highest BCUT2D eigenvalue weighted by Gasteiger charge is 2.20. The van der Waals surface area contributed by atoms with Crippen LogP contribution in [-0.2, 0) is 0 Å². The number of fused-ring (bicyclic) bond motifs is 1. The molecule has 8 heteroatoms. The van der Waals surface area contributed by atoms with Crippen LogP contribution in [0.4, 0.5) is 10.1 Å². The van der Waals surface area contributed by atoms with Crippen molar-refractivity contribution < 1.29 is 9.59 Å². The van der Waals surface area contributed by atoms with Gasteiger partial charge in [0.25, 0.3) is 11.8 Å². The number of carbonyl (C=O) groups excluding carboxylic acids is 2. The van der Waals surface area contributed by atoms with Crippen LogP contribution in [0.5, 0.6) is 0 Å². The maximum atomic E-state index is 12.8. The Morgan fingerprint density at radius 1 is 1.16 bits per heavy atom. The first-order valence-corrected chi connectivity index (χ1v) is 8.38. The summed E-state index contributed by atoms with van der Waals surface area (Å²) in [6.07, 6.45) is 0. The summed E-state index contributed by atoms with van der Waals surface area (Å²) in [5.41, 5.74) is 8.41. The molecule has 0 bridgehead atoms. The molecule has 0 saturated carbocycles. The Labute approximate surface area is 148 Å². The van der Waals surface area contributed by atoms with Crippen LogP contribution in [0, 0.1) is 13.8 Å². The Balaban J connectivity index is 2.04. The second-order valence-electron chi connectivity index (χ2n) is 5.60. The first kappa shape index (κ1) is 16.8. The highest BCUT2D eigenvalue weighted by molar-refractivity contribution is 7.20. The standard InChI is InChI=1S/C17H17N5O2S/c1-8-4-5-10-11(7-9(2)20-12(10)6-8)15(24)22-16-13(14(18)23)21-17(19-3)25-16/h4-7H,1-3H3,(H2,18,23)(H,19,21)(H,22,24). The van der Waals surface area contributed by atoms with Gasteiger partial charge in [0.05, 0.1) is 11.1 Å². The van der Waals surface area contributed by atoms with Crippen LogP contribution in [0.1, 0.15) is 32.1 Å². The Morgan fingerprint density at radius 2 is 1.92 bits per heavy atom. The molecule has 2 aromatic heterocycles. The number of benzene rings is 1. The first-order valence-electron chi connectivity index (χ1n) is 7.56. The largest absolute Gasteiger partial charge is 0.365 e. The number of thiazole rings is 1. The van der Waals surface area contributed by atoms with Crippen LogP contribution in [-0.4, -0.2) is 28.8 Å². The normalized spacial score (nSPS) is 10.7. The second kappa shape index (κ2) is 6.48. The molecule has 0 spiro atoms. The molecule has 0 aliphatic carbocycles. The van der Waals surface area contributed by atoms with Gasteiger partial charge < -0.3 is 16.4 Å². The molecular weight excluding hydrogens is 338 g/mol. The molecule has 2 amide bonds. The molecule has 0 aliphatic rings. The third-order valence-corrected chi connectivity index (χ3v) is 4.63. The van der Waals surface area contributed by atoms with Crippen molar-refractivity contribution >= 4 is 44.2 Å². The molecule has 3 rings (SSSR count). The number of carbonyl (C=O) groups is 2. The highest BCUT2D eigenvalue weighted by Crippen LogP contribution is 2.29. The predicted molar refractivity (Wildman–Crippen MR) is 99.3 cm³/mol. The van der Waals surface area contributed by atoms with Gasteiger partial charge in [-0.15, -0.1) is 0 Å². The summed E-state index contributed by atoms with van der Waals surface area (Å²) < 4.78 is 0. The first-order chi connectivity index (χ1) is 11.9. The molecule has 0 unspecified atom stereocenters. The van der Waals surface area contributed by atoms with Crippen LogP contribution in [0.2, 0.25) is 0 Å². The number of pyridine rings is 1. The van der Waals surface area contributed by atoms with E-state index in [1.807, 2.05) is 32.0 Å². The van der Waals surface area contributed by atoms with Gasteiger partial charge in [0.2, 0.25) is 0 Å². The molecule has 1 aromatic carbocycles. The van der Waals surface area contributed by atoms with E-state index in [-0.39, 0.29) is 11.6 Å². The minimum atomic E-state index is -0.695. The van der Waals surface area contributed by atoms with E-state index in [2.05, 4.69) is 20.6 Å². The maximum absolute atomic E-state index is 12.8. The van der Waals surface area contributed by atoms with E-state index in [1.54, 1.807) is 13.1 Å². The van der Waals surface area contributed by atoms with Crippen molar-refractivity contribution in [3.05, 3.63) is 46.8 Å². The van der Waals surface area contributed by atoms with Crippen LogP contribution in [0.15, 0.2) is 24.3 Å². The maximum Gasteiger partial charge on any atom is 0.270 e. The number of hydrogen-bond donors (Lipinski definition) is 3. The van der Waals surface area contributed by atoms with Crippen molar-refractivity contribution in [3.63, 3.8) is 0 Å². The minimum Gasteiger partial charge on any atom is -0.365 e. The number of amides is 2. The summed E-state index contributed by atoms with van der Waals surface area (Å²) in [4.78, 5) is 32.9. The molecule has 0 fully saturated rings. The highest BCUT2D eigenvalue weighted by atomic mass is 32.1. The molecule has 0 saturated heterocycles. The van der Waals surface area contributed by atoms with E-state index in [0.717, 1.165) is 33.5 Å². The van der Waals surface area contributed by atoms with Gasteiger partial charge in [0, 0.05) is 18.1 Å². The Hall–Kier alpha value is -3.00. The van der Waals surface area contributed by atoms with Crippen LogP contribution in [0.3, 0.4) is 0 Å². The molecule has 2 heterocycles. The molecular formula is C17H17N5O2S. The summed E-state index contributed by atoms with van der Waals surface area (Å²) >= 11 is 1.15. The van der Waals surface area contributed by atoms with Crippen LogP contribution < -0.4 is 16.4 Å². The fourth-order valence-electron chi connectivity index (χ4n) is 2.51. The lowest BCUT2D eigenvalue weighted by Crippen LogP contribution is -2.18. The van der Waals surface area contributed by atoms with Gasteiger partial charge in [0.15, 0.2) is 10.8 Å². The summed E-state index contributed by atoms with van der Waals surface area (Å²) in [6, 6.07) is 7.44. The lowest BCUT2D eigenvalue weighted by atomic mass is 10.1. The Morgan fingerprint density at radius 3 is 2.60 bits per heavy atom. The summed E-state index contributed by atoms with van der Waals surface area (Å²) in [7, 11) is 1.68. The number of aryl methyl sites for hydroxylation is 2. The number of nitrogens with zero attached hydrogens (tertiary/aromatic N) is 2. The lowest BCUT2D eigenvalue weighted by molar-refractivity contribution is 0.0997. The van der Waals surface area contributed by atoms with Crippen molar-refractivity contribution in [1.29, 1.82) is 0 Å². The molecule has 7 nitrogen and oxygen atoms in total. The number of anilines is 2. The van der Waals surface area contributed by atoms with Crippen LogP contribution >= 0.6 is 11.3 Å². The molecule has 0 atom stereocenters. The van der Waals surface area contributed by atoms with E-state index >= 15 is 0 Å². The third-order valence-electron chi connectivity index (χ3n) is 3.64.